The van der Waals surface area contributed by atoms with Crippen LogP contribution >= 0.6 is 11.6 Å². The highest BCUT2D eigenvalue weighted by Crippen LogP contribution is 2.38. The molecule has 0 fully saturated rings. The zero-order valence-electron chi connectivity index (χ0n) is 19.3. The summed E-state index contributed by atoms with van der Waals surface area (Å²) >= 11 is 6.45. The predicted octanol–water partition coefficient (Wildman–Crippen LogP) is 3.90. The zero-order chi connectivity index (χ0) is 26.3. The van der Waals surface area contributed by atoms with E-state index in [0.29, 0.717) is 21.8 Å². The minimum absolute atomic E-state index is 0.00337. The average Bonchev–Trinajstić information content (AvgIpc) is 3.25. The number of anilines is 2. The number of fused-ring (bicyclic) bond motifs is 1. The van der Waals surface area contributed by atoms with E-state index >= 15 is 0 Å². The Morgan fingerprint density at radius 1 is 1.11 bits per heavy atom. The maximum absolute atomic E-state index is 13.7. The topological polar surface area (TPSA) is 153 Å². The van der Waals surface area contributed by atoms with Crippen molar-refractivity contribution < 1.29 is 18.4 Å². The number of halogens is 2. The number of amides is 2. The summed E-state index contributed by atoms with van der Waals surface area (Å²) in [6.07, 6.45) is 1.40. The van der Waals surface area contributed by atoms with Gasteiger partial charge in [0, 0.05) is 34.1 Å². The largest absolute Gasteiger partial charge is 0.423 e. The van der Waals surface area contributed by atoms with Crippen LogP contribution in [0.25, 0.3) is 11.1 Å². The molecule has 0 bridgehead atoms. The SMILES string of the molecule is CC1=C(C(N)=O)C(c2ccccc2Cl)N=C(Nc2nc3ccc(F)cc3o2)N1c1cc(C(N)=O)ccn1. The Kier molecular flexibility index (Phi) is 6.06. The number of aliphatic imine (C=N–C) groups is 1. The van der Waals surface area contributed by atoms with Crippen molar-refractivity contribution in [3.05, 3.63) is 94.0 Å². The molecule has 2 aromatic carbocycles. The zero-order valence-corrected chi connectivity index (χ0v) is 20.0. The van der Waals surface area contributed by atoms with E-state index in [-0.39, 0.29) is 34.5 Å². The highest BCUT2D eigenvalue weighted by Gasteiger charge is 2.35. The first kappa shape index (κ1) is 23.9. The fraction of sp³-hybridized carbons (Fsp3) is 0.0800. The van der Waals surface area contributed by atoms with Gasteiger partial charge in [0.05, 0.1) is 5.57 Å². The van der Waals surface area contributed by atoms with Crippen LogP contribution in [-0.4, -0.2) is 27.7 Å². The third-order valence-electron chi connectivity index (χ3n) is 5.76. The molecule has 0 saturated carbocycles. The minimum Gasteiger partial charge on any atom is -0.423 e. The Labute approximate surface area is 214 Å². The molecule has 5 N–H and O–H groups in total. The van der Waals surface area contributed by atoms with Gasteiger partial charge in [0.25, 0.3) is 0 Å². The van der Waals surface area contributed by atoms with Gasteiger partial charge in [-0.3, -0.25) is 19.8 Å². The molecule has 0 saturated heterocycles. The van der Waals surface area contributed by atoms with Crippen LogP contribution in [0, 0.1) is 5.82 Å². The van der Waals surface area contributed by atoms with E-state index in [1.807, 2.05) is 0 Å². The monoisotopic (exact) mass is 519 g/mol. The van der Waals surface area contributed by atoms with E-state index in [4.69, 9.17) is 32.5 Å². The highest BCUT2D eigenvalue weighted by molar-refractivity contribution is 6.31. The molecule has 4 aromatic rings. The molecule has 1 atom stereocenters. The number of oxazole rings is 1. The van der Waals surface area contributed by atoms with Crippen LogP contribution in [0.2, 0.25) is 5.02 Å². The quantitative estimate of drug-likeness (QED) is 0.361. The number of carbonyl (C=O) groups is 2. The fourth-order valence-corrected chi connectivity index (χ4v) is 4.31. The maximum atomic E-state index is 13.7. The summed E-state index contributed by atoms with van der Waals surface area (Å²) in [5.41, 5.74) is 13.1. The third kappa shape index (κ3) is 4.47. The van der Waals surface area contributed by atoms with Crippen LogP contribution in [0.5, 0.6) is 0 Å². The molecule has 0 spiro atoms. The van der Waals surface area contributed by atoms with E-state index in [2.05, 4.69) is 15.3 Å². The molecular formula is C25H19ClFN7O3. The van der Waals surface area contributed by atoms with Gasteiger partial charge in [-0.15, -0.1) is 0 Å². The predicted molar refractivity (Wildman–Crippen MR) is 136 cm³/mol. The van der Waals surface area contributed by atoms with Gasteiger partial charge in [0.2, 0.25) is 17.8 Å². The second kappa shape index (κ2) is 9.36. The summed E-state index contributed by atoms with van der Waals surface area (Å²) in [5.74, 6) is -1.52. The van der Waals surface area contributed by atoms with Gasteiger partial charge in [-0.2, -0.15) is 4.98 Å². The van der Waals surface area contributed by atoms with Gasteiger partial charge in [0.1, 0.15) is 23.2 Å². The van der Waals surface area contributed by atoms with Crippen LogP contribution < -0.4 is 21.7 Å². The standard InChI is InChI=1S/C25H19ClFN7O3/c1-12-20(23(29)36)21(15-4-2-3-5-16(15)26)32-24(34(12)19-10-13(22(28)35)8-9-30-19)33-25-31-17-7-6-14(27)11-18(17)37-25/h2-11,21H,1H3,(H2,28,35)(H2,29,36)(H,31,32,33). The van der Waals surface area contributed by atoms with Crippen molar-refractivity contribution >= 4 is 52.3 Å². The van der Waals surface area contributed by atoms with E-state index < -0.39 is 23.7 Å². The van der Waals surface area contributed by atoms with Crippen LogP contribution in [-0.2, 0) is 4.79 Å². The van der Waals surface area contributed by atoms with Gasteiger partial charge >= 0.3 is 6.01 Å². The van der Waals surface area contributed by atoms with Crippen LogP contribution in [0.4, 0.5) is 16.2 Å². The number of aromatic nitrogens is 2. The molecule has 2 aromatic heterocycles. The lowest BCUT2D eigenvalue weighted by atomic mass is 9.95. The summed E-state index contributed by atoms with van der Waals surface area (Å²) in [4.78, 5) is 39.4. The van der Waals surface area contributed by atoms with Crippen LogP contribution in [0.1, 0.15) is 28.9 Å². The van der Waals surface area contributed by atoms with Gasteiger partial charge in [0.15, 0.2) is 5.58 Å². The summed E-state index contributed by atoms with van der Waals surface area (Å²) in [7, 11) is 0. The average molecular weight is 520 g/mol. The Morgan fingerprint density at radius 2 is 1.89 bits per heavy atom. The molecule has 186 valence electrons. The molecule has 5 rings (SSSR count). The number of nitrogens with one attached hydrogen (secondary N) is 1. The van der Waals surface area contributed by atoms with Gasteiger partial charge in [-0.1, -0.05) is 29.8 Å². The van der Waals surface area contributed by atoms with Crippen LogP contribution in [0.15, 0.2) is 81.5 Å². The number of nitrogens with zero attached hydrogens (tertiary/aromatic N) is 4. The molecule has 2 amide bonds. The number of allylic oxidation sites excluding steroid dienone is 1. The summed E-state index contributed by atoms with van der Waals surface area (Å²) in [5, 5.41) is 3.36. The molecule has 1 aliphatic heterocycles. The number of hydrogen-bond acceptors (Lipinski definition) is 8. The smallest absolute Gasteiger partial charge is 0.302 e. The third-order valence-corrected chi connectivity index (χ3v) is 6.10. The summed E-state index contributed by atoms with van der Waals surface area (Å²) in [6, 6.07) is 12.9. The lowest BCUT2D eigenvalue weighted by Gasteiger charge is -2.34. The van der Waals surface area contributed by atoms with Crippen molar-refractivity contribution in [2.75, 3.05) is 10.2 Å². The Balaban J connectivity index is 1.69. The fourth-order valence-electron chi connectivity index (χ4n) is 4.07. The van der Waals surface area contributed by atoms with Crippen molar-refractivity contribution in [1.29, 1.82) is 0 Å². The first-order chi connectivity index (χ1) is 17.7. The second-order valence-electron chi connectivity index (χ2n) is 8.10. The van der Waals surface area contributed by atoms with Crippen molar-refractivity contribution in [2.45, 2.75) is 13.0 Å². The highest BCUT2D eigenvalue weighted by atomic mass is 35.5. The normalized spacial score (nSPS) is 15.6. The van der Waals surface area contributed by atoms with E-state index in [9.17, 15) is 14.0 Å². The number of rotatable bonds is 5. The van der Waals surface area contributed by atoms with Gasteiger partial charge in [-0.05, 0) is 37.3 Å². The van der Waals surface area contributed by atoms with Crippen molar-refractivity contribution in [3.63, 3.8) is 0 Å². The number of benzene rings is 2. The Bertz CT molecular complexity index is 1630. The van der Waals surface area contributed by atoms with Crippen LogP contribution in [0.3, 0.4) is 0 Å². The molecule has 3 heterocycles. The molecular weight excluding hydrogens is 501 g/mol. The Hall–Kier alpha value is -4.77. The van der Waals surface area contributed by atoms with E-state index in [1.54, 1.807) is 31.2 Å². The minimum atomic E-state index is -0.883. The first-order valence-electron chi connectivity index (χ1n) is 10.9. The summed E-state index contributed by atoms with van der Waals surface area (Å²) in [6.45, 7) is 1.65. The summed E-state index contributed by atoms with van der Waals surface area (Å²) < 4.78 is 19.4. The van der Waals surface area contributed by atoms with Crippen molar-refractivity contribution in [2.24, 2.45) is 16.5 Å². The van der Waals surface area contributed by atoms with Gasteiger partial charge < -0.3 is 15.9 Å². The molecule has 12 heteroatoms. The Morgan fingerprint density at radius 3 is 2.62 bits per heavy atom. The number of nitrogens with two attached hydrogens (primary N) is 2. The molecule has 1 aliphatic rings. The number of primary amides is 2. The number of hydrogen-bond donors (Lipinski definition) is 3. The lowest BCUT2D eigenvalue weighted by molar-refractivity contribution is -0.114. The molecule has 1 unspecified atom stereocenters. The van der Waals surface area contributed by atoms with Crippen molar-refractivity contribution in [1.82, 2.24) is 9.97 Å². The molecule has 0 radical (unpaired) electrons. The second-order valence-corrected chi connectivity index (χ2v) is 8.51. The first-order valence-corrected chi connectivity index (χ1v) is 11.3. The number of guanidine groups is 1. The maximum Gasteiger partial charge on any atom is 0.302 e. The van der Waals surface area contributed by atoms with E-state index in [0.717, 1.165) is 0 Å². The number of pyridine rings is 1. The van der Waals surface area contributed by atoms with Crippen molar-refractivity contribution in [3.8, 4) is 0 Å². The van der Waals surface area contributed by atoms with Gasteiger partial charge in [-0.25, -0.2) is 14.4 Å². The molecule has 10 nitrogen and oxygen atoms in total. The lowest BCUT2D eigenvalue weighted by Crippen LogP contribution is -2.42. The molecule has 0 aliphatic carbocycles. The molecule has 37 heavy (non-hydrogen) atoms. The van der Waals surface area contributed by atoms with E-state index in [1.165, 1.54) is 41.4 Å². The number of carbonyl (C=O) groups excluding carboxylic acids is 2.